The number of rotatable bonds is 4. The number of nitrogens with zero attached hydrogens (tertiary/aromatic N) is 1. The van der Waals surface area contributed by atoms with Crippen molar-refractivity contribution < 1.29 is 28.7 Å². The largest absolute Gasteiger partial charge is 0.468 e. The van der Waals surface area contributed by atoms with Gasteiger partial charge in [0.1, 0.15) is 6.04 Å². The van der Waals surface area contributed by atoms with E-state index in [4.69, 9.17) is 23.9 Å². The van der Waals surface area contributed by atoms with Gasteiger partial charge in [-0.15, -0.1) is 0 Å². The SMILES string of the molecule is COC(=O)C1N(C2CCCC2)C1(C(C)C)C(C)C.O=C=O.O=C=O. The zero-order valence-electron chi connectivity index (χ0n) is 15.0. The van der Waals surface area contributed by atoms with Gasteiger partial charge >= 0.3 is 18.3 Å². The molecule has 2 unspecified atom stereocenters. The first-order valence-electron chi connectivity index (χ1n) is 8.15. The first kappa shape index (κ1) is 22.2. The van der Waals surface area contributed by atoms with Gasteiger partial charge in [-0.1, -0.05) is 40.5 Å². The van der Waals surface area contributed by atoms with E-state index in [1.165, 1.54) is 32.8 Å². The Labute approximate surface area is 142 Å². The van der Waals surface area contributed by atoms with Crippen molar-refractivity contribution in [2.75, 3.05) is 7.11 Å². The molecule has 2 fully saturated rings. The van der Waals surface area contributed by atoms with Crippen molar-refractivity contribution in [3.05, 3.63) is 0 Å². The predicted molar refractivity (Wildman–Crippen MR) is 82.3 cm³/mol. The van der Waals surface area contributed by atoms with Crippen LogP contribution in [0.25, 0.3) is 0 Å². The number of carbonyl (C=O) groups is 1. The summed E-state index contributed by atoms with van der Waals surface area (Å²) in [5.74, 6) is 0.939. The molecule has 2 rings (SSSR count). The Bertz CT molecular complexity index is 449. The van der Waals surface area contributed by atoms with Crippen LogP contribution in [-0.4, -0.2) is 47.9 Å². The summed E-state index contributed by atoms with van der Waals surface area (Å²) < 4.78 is 5.04. The summed E-state index contributed by atoms with van der Waals surface area (Å²) in [4.78, 5) is 47.1. The van der Waals surface area contributed by atoms with Crippen LogP contribution in [0.5, 0.6) is 0 Å². The van der Waals surface area contributed by atoms with Crippen LogP contribution in [0.3, 0.4) is 0 Å². The highest BCUT2D eigenvalue weighted by Gasteiger charge is 2.71. The monoisotopic (exact) mass is 341 g/mol. The van der Waals surface area contributed by atoms with Gasteiger partial charge in [-0.2, -0.15) is 19.2 Å². The second-order valence-corrected chi connectivity index (χ2v) is 6.63. The Morgan fingerprint density at radius 1 is 1.00 bits per heavy atom. The molecule has 1 heterocycles. The Balaban J connectivity index is 0.000000772. The molecule has 0 aromatic heterocycles. The van der Waals surface area contributed by atoms with Gasteiger partial charge in [0.25, 0.3) is 0 Å². The molecule has 0 spiro atoms. The number of hydrogen-bond acceptors (Lipinski definition) is 7. The third-order valence-electron chi connectivity index (χ3n) is 5.09. The maximum Gasteiger partial charge on any atom is 0.373 e. The summed E-state index contributed by atoms with van der Waals surface area (Å²) in [6, 6.07) is 0.587. The molecule has 24 heavy (non-hydrogen) atoms. The van der Waals surface area contributed by atoms with E-state index < -0.39 is 0 Å². The normalized spacial score (nSPS) is 24.0. The van der Waals surface area contributed by atoms with Crippen molar-refractivity contribution in [2.45, 2.75) is 71.0 Å². The van der Waals surface area contributed by atoms with E-state index >= 15 is 0 Å². The number of hydrogen-bond donors (Lipinski definition) is 0. The van der Waals surface area contributed by atoms with Gasteiger partial charge < -0.3 is 4.74 Å². The van der Waals surface area contributed by atoms with Crippen molar-refractivity contribution in [1.82, 2.24) is 4.90 Å². The number of ether oxygens (including phenoxy) is 1. The Morgan fingerprint density at radius 3 is 1.67 bits per heavy atom. The smallest absolute Gasteiger partial charge is 0.373 e. The van der Waals surface area contributed by atoms with Crippen LogP contribution in [-0.2, 0) is 28.7 Å². The van der Waals surface area contributed by atoms with Crippen molar-refractivity contribution in [2.24, 2.45) is 11.8 Å². The average molecular weight is 341 g/mol. The molecule has 0 N–H and O–H groups in total. The third kappa shape index (κ3) is 4.38. The van der Waals surface area contributed by atoms with Crippen LogP contribution in [0.2, 0.25) is 0 Å². The highest BCUT2D eigenvalue weighted by atomic mass is 16.5. The molecule has 0 amide bonds. The molecule has 0 aromatic carbocycles. The zero-order valence-corrected chi connectivity index (χ0v) is 15.0. The molecule has 7 nitrogen and oxygen atoms in total. The summed E-state index contributed by atoms with van der Waals surface area (Å²) >= 11 is 0. The molecule has 0 aromatic rings. The van der Waals surface area contributed by atoms with E-state index in [-0.39, 0.29) is 29.9 Å². The number of carbonyl (C=O) groups excluding carboxylic acids is 5. The van der Waals surface area contributed by atoms with Crippen LogP contribution in [0, 0.1) is 11.8 Å². The van der Waals surface area contributed by atoms with Crippen molar-refractivity contribution in [3.63, 3.8) is 0 Å². The minimum absolute atomic E-state index is 0.00870. The summed E-state index contributed by atoms with van der Waals surface area (Å²) in [6.45, 7) is 8.96. The van der Waals surface area contributed by atoms with Gasteiger partial charge in [0.15, 0.2) is 0 Å². The topological polar surface area (TPSA) is 97.6 Å². The van der Waals surface area contributed by atoms with E-state index in [1.54, 1.807) is 0 Å². The molecule has 1 saturated carbocycles. The fourth-order valence-electron chi connectivity index (χ4n) is 4.36. The van der Waals surface area contributed by atoms with Crippen LogP contribution in [0.1, 0.15) is 53.4 Å². The van der Waals surface area contributed by atoms with E-state index in [2.05, 4.69) is 32.6 Å². The summed E-state index contributed by atoms with van der Waals surface area (Å²) in [5, 5.41) is 0. The maximum atomic E-state index is 12.1. The lowest BCUT2D eigenvalue weighted by atomic mass is 9.81. The van der Waals surface area contributed by atoms with Crippen molar-refractivity contribution in [1.29, 1.82) is 0 Å². The summed E-state index contributed by atoms with van der Waals surface area (Å²) in [5.41, 5.74) is 0.0299. The molecule has 1 aliphatic carbocycles. The second-order valence-electron chi connectivity index (χ2n) is 6.63. The maximum absolute atomic E-state index is 12.1. The molecular formula is C17H27NO6. The van der Waals surface area contributed by atoms with E-state index in [0.717, 1.165) is 0 Å². The van der Waals surface area contributed by atoms with Crippen LogP contribution < -0.4 is 0 Å². The molecule has 0 radical (unpaired) electrons. The minimum atomic E-state index is -0.0377. The number of methoxy groups -OCH3 is 1. The molecule has 136 valence electrons. The van der Waals surface area contributed by atoms with Crippen molar-refractivity contribution in [3.8, 4) is 0 Å². The Hall–Kier alpha value is -1.81. The summed E-state index contributed by atoms with van der Waals surface area (Å²) in [7, 11) is 1.51. The average Bonchev–Trinajstić information content (AvgIpc) is 2.95. The number of esters is 1. The highest BCUT2D eigenvalue weighted by Crippen LogP contribution is 2.56. The van der Waals surface area contributed by atoms with Gasteiger partial charge in [-0.3, -0.25) is 9.69 Å². The first-order valence-corrected chi connectivity index (χ1v) is 8.15. The fourth-order valence-corrected chi connectivity index (χ4v) is 4.36. The van der Waals surface area contributed by atoms with Gasteiger partial charge in [0.05, 0.1) is 12.6 Å². The van der Waals surface area contributed by atoms with E-state index in [0.29, 0.717) is 17.9 Å². The quantitative estimate of drug-likeness (QED) is 0.566. The van der Waals surface area contributed by atoms with Gasteiger partial charge in [0.2, 0.25) is 0 Å². The Kier molecular flexibility index (Phi) is 9.37. The third-order valence-corrected chi connectivity index (χ3v) is 5.09. The molecular weight excluding hydrogens is 314 g/mol. The van der Waals surface area contributed by atoms with Gasteiger partial charge in [0, 0.05) is 6.04 Å². The van der Waals surface area contributed by atoms with E-state index in [1.807, 2.05) is 0 Å². The second kappa shape index (κ2) is 10.1. The van der Waals surface area contributed by atoms with Crippen LogP contribution in [0.15, 0.2) is 0 Å². The molecule has 7 heteroatoms. The van der Waals surface area contributed by atoms with Gasteiger partial charge in [-0.25, -0.2) is 0 Å². The first-order chi connectivity index (χ1) is 11.3. The molecule has 2 atom stereocenters. The Morgan fingerprint density at radius 2 is 1.38 bits per heavy atom. The van der Waals surface area contributed by atoms with E-state index in [9.17, 15) is 4.79 Å². The molecule has 1 saturated heterocycles. The lowest BCUT2D eigenvalue weighted by molar-refractivity contribution is -0.193. The van der Waals surface area contributed by atoms with Crippen molar-refractivity contribution >= 4 is 18.3 Å². The lowest BCUT2D eigenvalue weighted by Crippen LogP contribution is -2.36. The molecule has 2 aliphatic rings. The molecule has 1 aliphatic heterocycles. The minimum Gasteiger partial charge on any atom is -0.468 e. The standard InChI is InChI=1S/C15H27NO2.2CO2/c1-10(2)15(11(3)4)13(14(17)18-5)16(15)12-8-6-7-9-12;2*2-1-3/h10-13H,6-9H2,1-5H3;;. The summed E-state index contributed by atoms with van der Waals surface area (Å²) in [6.07, 6.45) is 5.60. The zero-order chi connectivity index (χ0) is 18.9. The van der Waals surface area contributed by atoms with Gasteiger partial charge in [-0.05, 0) is 24.7 Å². The molecule has 0 bridgehead atoms. The lowest BCUT2D eigenvalue weighted by Gasteiger charge is -2.28. The predicted octanol–water partition coefficient (Wildman–Crippen LogP) is 1.67. The fraction of sp³-hybridized carbons (Fsp3) is 0.824. The van der Waals surface area contributed by atoms with Crippen LogP contribution in [0.4, 0.5) is 0 Å². The highest BCUT2D eigenvalue weighted by molar-refractivity contribution is 5.82. The van der Waals surface area contributed by atoms with Crippen LogP contribution >= 0.6 is 0 Å².